The number of fused-ring (bicyclic) bond motifs is 3. The van der Waals surface area contributed by atoms with Gasteiger partial charge in [-0.1, -0.05) is 66.2 Å². The molecular weight excluding hydrogens is 430 g/mol. The molecule has 3 aromatic heterocycles. The fraction of sp³-hybridized carbons (Fsp3) is 0.600. The maximum absolute atomic E-state index is 4.98. The van der Waals surface area contributed by atoms with Gasteiger partial charge < -0.3 is 0 Å². The van der Waals surface area contributed by atoms with E-state index in [0.717, 1.165) is 42.4 Å². The molecule has 3 aromatic rings. The third kappa shape index (κ3) is 8.34. The van der Waals surface area contributed by atoms with Crippen molar-refractivity contribution in [1.82, 2.24) is 23.8 Å². The van der Waals surface area contributed by atoms with E-state index in [9.17, 15) is 0 Å². The van der Waals surface area contributed by atoms with Crippen LogP contribution >= 0.6 is 0 Å². The van der Waals surface area contributed by atoms with Crippen molar-refractivity contribution in [2.75, 3.05) is 13.1 Å². The van der Waals surface area contributed by atoms with Gasteiger partial charge in [-0.05, 0) is 71.0 Å². The highest BCUT2D eigenvalue weighted by Gasteiger charge is 2.26. The smallest absolute Gasteiger partial charge is 0.220 e. The van der Waals surface area contributed by atoms with E-state index in [1.807, 2.05) is 53.0 Å². The predicted octanol–water partition coefficient (Wildman–Crippen LogP) is 8.38. The molecule has 1 aliphatic rings. The van der Waals surface area contributed by atoms with Gasteiger partial charge in [0.15, 0.2) is 5.65 Å². The van der Waals surface area contributed by atoms with Crippen molar-refractivity contribution in [1.29, 1.82) is 0 Å². The molecule has 0 saturated heterocycles. The second-order valence-electron chi connectivity index (χ2n) is 8.65. The zero-order chi connectivity index (χ0) is 26.4. The zero-order valence-electron chi connectivity index (χ0n) is 24.2. The van der Waals surface area contributed by atoms with E-state index >= 15 is 0 Å². The summed E-state index contributed by atoms with van der Waals surface area (Å²) in [5.74, 6) is 1.88. The van der Waals surface area contributed by atoms with Crippen molar-refractivity contribution in [3.05, 3.63) is 47.4 Å². The number of aryl methyl sites for hydroxylation is 1. The zero-order valence-corrected chi connectivity index (χ0v) is 24.2. The Balaban J connectivity index is 0.000000531. The van der Waals surface area contributed by atoms with Crippen molar-refractivity contribution < 1.29 is 0 Å². The number of pyridine rings is 1. The molecule has 0 N–H and O–H groups in total. The van der Waals surface area contributed by atoms with Gasteiger partial charge in [0.05, 0.1) is 16.9 Å². The van der Waals surface area contributed by atoms with E-state index in [0.29, 0.717) is 0 Å². The van der Waals surface area contributed by atoms with Gasteiger partial charge in [-0.2, -0.15) is 0 Å². The molecule has 1 aliphatic carbocycles. The van der Waals surface area contributed by atoms with Crippen molar-refractivity contribution in [2.45, 2.75) is 101 Å². The molecule has 1 fully saturated rings. The molecule has 0 bridgehead atoms. The van der Waals surface area contributed by atoms with E-state index in [-0.39, 0.29) is 0 Å². The number of hydrogen-bond acceptors (Lipinski definition) is 3. The minimum absolute atomic E-state index is 0.902. The Kier molecular flexibility index (Phi) is 14.3. The number of aromatic nitrogens is 4. The van der Waals surface area contributed by atoms with E-state index in [2.05, 4.69) is 71.8 Å². The van der Waals surface area contributed by atoms with Gasteiger partial charge in [-0.3, -0.25) is 13.9 Å². The first-order valence-electron chi connectivity index (χ1n) is 13.9. The van der Waals surface area contributed by atoms with Crippen molar-refractivity contribution in [3.8, 4) is 0 Å². The van der Waals surface area contributed by atoms with Crippen molar-refractivity contribution >= 4 is 23.1 Å². The lowest BCUT2D eigenvalue weighted by Gasteiger charge is -2.20. The monoisotopic (exact) mass is 481 g/mol. The standard InChI is InChI=1S/C20H27N5.C6H12.2C2H6/c1-4-12-24-19-17(8-7-11-21-19)25-18(16(5-2)22-20(24)25)14-23(6-3)13-15-9-10-15;1-4-5-6(2)3;2*1-2/h4,7-8,11-12,15H,5-6,9-10,13-14H2,1-3H3;5H,4H2,1-3H3;2*1-2H3/b12-4+;;;. The Morgan fingerprint density at radius 3 is 2.29 bits per heavy atom. The molecule has 0 aliphatic heterocycles. The van der Waals surface area contributed by atoms with Crippen LogP contribution in [-0.4, -0.2) is 36.9 Å². The van der Waals surface area contributed by atoms with Gasteiger partial charge in [0.1, 0.15) is 0 Å². The fourth-order valence-corrected chi connectivity index (χ4v) is 4.07. The topological polar surface area (TPSA) is 38.4 Å². The minimum Gasteiger partial charge on any atom is -0.298 e. The van der Waals surface area contributed by atoms with Crippen LogP contribution in [0.1, 0.15) is 99.9 Å². The lowest BCUT2D eigenvalue weighted by Crippen LogP contribution is -2.26. The van der Waals surface area contributed by atoms with Gasteiger partial charge in [0, 0.05) is 25.5 Å². The van der Waals surface area contributed by atoms with Crippen LogP contribution in [0.3, 0.4) is 0 Å². The Morgan fingerprint density at radius 2 is 1.80 bits per heavy atom. The Bertz CT molecular complexity index is 1050. The van der Waals surface area contributed by atoms with Crippen LogP contribution in [0.4, 0.5) is 0 Å². The van der Waals surface area contributed by atoms with E-state index in [1.165, 1.54) is 42.8 Å². The quantitative estimate of drug-likeness (QED) is 0.303. The summed E-state index contributed by atoms with van der Waals surface area (Å²) in [6, 6.07) is 4.16. The second-order valence-corrected chi connectivity index (χ2v) is 8.65. The maximum Gasteiger partial charge on any atom is 0.220 e. The molecule has 196 valence electrons. The lowest BCUT2D eigenvalue weighted by molar-refractivity contribution is 0.264. The highest BCUT2D eigenvalue weighted by atomic mass is 15.2. The first-order valence-corrected chi connectivity index (χ1v) is 13.9. The number of allylic oxidation sites excluding steroid dienone is 3. The summed E-state index contributed by atoms with van der Waals surface area (Å²) >= 11 is 0. The van der Waals surface area contributed by atoms with E-state index in [1.54, 1.807) is 0 Å². The maximum atomic E-state index is 4.98. The second kappa shape index (κ2) is 16.3. The van der Waals surface area contributed by atoms with Crippen LogP contribution < -0.4 is 0 Å². The van der Waals surface area contributed by atoms with Crippen LogP contribution in [0.2, 0.25) is 0 Å². The minimum atomic E-state index is 0.902. The van der Waals surface area contributed by atoms with Gasteiger partial charge in [-0.25, -0.2) is 9.97 Å². The van der Waals surface area contributed by atoms with Gasteiger partial charge in [0.25, 0.3) is 0 Å². The molecule has 5 nitrogen and oxygen atoms in total. The number of rotatable bonds is 8. The molecular formula is C30H51N5. The summed E-state index contributed by atoms with van der Waals surface area (Å²) in [6.45, 7) is 24.1. The fourth-order valence-electron chi connectivity index (χ4n) is 4.07. The first-order chi connectivity index (χ1) is 17.0. The molecule has 0 aromatic carbocycles. The van der Waals surface area contributed by atoms with Crippen molar-refractivity contribution in [2.24, 2.45) is 5.92 Å². The van der Waals surface area contributed by atoms with Crippen LogP contribution in [-0.2, 0) is 13.0 Å². The summed E-state index contributed by atoms with van der Waals surface area (Å²) in [5.41, 5.74) is 6.05. The van der Waals surface area contributed by atoms with Crippen LogP contribution in [0.5, 0.6) is 0 Å². The Morgan fingerprint density at radius 1 is 1.11 bits per heavy atom. The number of hydrogen-bond donors (Lipinski definition) is 0. The van der Waals surface area contributed by atoms with Crippen LogP contribution in [0, 0.1) is 5.92 Å². The molecule has 0 atom stereocenters. The Labute approximate surface area is 215 Å². The molecule has 0 radical (unpaired) electrons. The molecule has 35 heavy (non-hydrogen) atoms. The third-order valence-electron chi connectivity index (χ3n) is 5.77. The Hall–Kier alpha value is -2.40. The number of imidazole rings is 2. The average Bonchev–Trinajstić information content (AvgIpc) is 3.56. The average molecular weight is 482 g/mol. The third-order valence-corrected chi connectivity index (χ3v) is 5.77. The molecule has 0 spiro atoms. The van der Waals surface area contributed by atoms with Gasteiger partial charge in [-0.15, -0.1) is 0 Å². The molecule has 5 heteroatoms. The summed E-state index contributed by atoms with van der Waals surface area (Å²) in [6.07, 6.45) is 13.1. The van der Waals surface area contributed by atoms with Crippen LogP contribution in [0.15, 0.2) is 36.1 Å². The van der Waals surface area contributed by atoms with Crippen molar-refractivity contribution in [3.63, 3.8) is 0 Å². The molecule has 3 heterocycles. The summed E-state index contributed by atoms with van der Waals surface area (Å²) in [7, 11) is 0. The number of nitrogens with zero attached hydrogens (tertiary/aromatic N) is 5. The highest BCUT2D eigenvalue weighted by Crippen LogP contribution is 2.31. The van der Waals surface area contributed by atoms with Gasteiger partial charge >= 0.3 is 0 Å². The SMILES string of the molecule is C/C=C/n1c2ncccc2n2c(CN(CC)CC3CC3)c(CC)nc12.CC.CC.CCC=C(C)C. The largest absolute Gasteiger partial charge is 0.298 e. The molecule has 4 rings (SSSR count). The first kappa shape index (κ1) is 30.6. The lowest BCUT2D eigenvalue weighted by atomic mass is 10.2. The summed E-state index contributed by atoms with van der Waals surface area (Å²) in [5, 5.41) is 0. The normalized spacial score (nSPS) is 12.7. The predicted molar refractivity (Wildman–Crippen MR) is 155 cm³/mol. The molecule has 0 unspecified atom stereocenters. The van der Waals surface area contributed by atoms with Crippen LogP contribution in [0.25, 0.3) is 23.1 Å². The summed E-state index contributed by atoms with van der Waals surface area (Å²) < 4.78 is 4.42. The molecule has 0 amide bonds. The van der Waals surface area contributed by atoms with E-state index < -0.39 is 0 Å². The summed E-state index contributed by atoms with van der Waals surface area (Å²) in [4.78, 5) is 12.1. The van der Waals surface area contributed by atoms with Gasteiger partial charge in [0.2, 0.25) is 5.78 Å². The van der Waals surface area contributed by atoms with E-state index in [4.69, 9.17) is 4.98 Å². The molecule has 1 saturated carbocycles. The highest BCUT2D eigenvalue weighted by molar-refractivity contribution is 5.80.